The summed E-state index contributed by atoms with van der Waals surface area (Å²) in [6, 6.07) is -0.283. The number of hydrogen-bond donors (Lipinski definition) is 2. The number of aliphatic hydroxyl groups excluding tert-OH is 1. The van der Waals surface area contributed by atoms with Crippen molar-refractivity contribution in [3.8, 4) is 0 Å². The summed E-state index contributed by atoms with van der Waals surface area (Å²) in [6.07, 6.45) is -0.0972. The molecule has 3 heteroatoms. The summed E-state index contributed by atoms with van der Waals surface area (Å²) in [5, 5.41) is 8.70. The van der Waals surface area contributed by atoms with Gasteiger partial charge in [-0.15, -0.1) is 0 Å². The number of rotatable bonds is 3. The molecule has 0 aliphatic rings. The molecule has 0 aliphatic carbocycles. The molecular formula is C8H19NO2. The van der Waals surface area contributed by atoms with E-state index in [9.17, 15) is 0 Å². The van der Waals surface area contributed by atoms with Crippen LogP contribution >= 0.6 is 0 Å². The topological polar surface area (TPSA) is 55.5 Å². The molecule has 11 heavy (non-hydrogen) atoms. The molecule has 0 heterocycles. The van der Waals surface area contributed by atoms with Gasteiger partial charge >= 0.3 is 0 Å². The summed E-state index contributed by atoms with van der Waals surface area (Å²) in [5.41, 5.74) is 5.36. The van der Waals surface area contributed by atoms with E-state index in [0.717, 1.165) is 0 Å². The van der Waals surface area contributed by atoms with Gasteiger partial charge in [0.25, 0.3) is 0 Å². The first-order valence-electron chi connectivity index (χ1n) is 3.91. The molecule has 0 fully saturated rings. The van der Waals surface area contributed by atoms with Crippen molar-refractivity contribution < 1.29 is 9.84 Å². The second kappa shape index (κ2) is 4.04. The van der Waals surface area contributed by atoms with E-state index in [1.165, 1.54) is 0 Å². The first kappa shape index (κ1) is 10.9. The monoisotopic (exact) mass is 161 g/mol. The van der Waals surface area contributed by atoms with Crippen molar-refractivity contribution in [1.29, 1.82) is 0 Å². The number of nitrogens with two attached hydrogens (primary N) is 1. The van der Waals surface area contributed by atoms with Crippen LogP contribution in [0.25, 0.3) is 0 Å². The second-order valence-electron chi connectivity index (χ2n) is 3.78. The summed E-state index contributed by atoms with van der Waals surface area (Å²) >= 11 is 0. The maximum atomic E-state index is 8.70. The van der Waals surface area contributed by atoms with Gasteiger partial charge in [-0.1, -0.05) is 0 Å². The average Bonchev–Trinajstić information content (AvgIpc) is 1.82. The highest BCUT2D eigenvalue weighted by atomic mass is 16.5. The Labute approximate surface area is 68.5 Å². The summed E-state index contributed by atoms with van der Waals surface area (Å²) < 4.78 is 5.51. The first-order valence-corrected chi connectivity index (χ1v) is 3.91. The highest BCUT2D eigenvalue weighted by Crippen LogP contribution is 2.11. The van der Waals surface area contributed by atoms with Gasteiger partial charge in [-0.3, -0.25) is 0 Å². The fourth-order valence-electron chi connectivity index (χ4n) is 0.794. The molecule has 0 aromatic carbocycles. The molecule has 0 saturated heterocycles. The molecule has 1 unspecified atom stereocenters. The van der Waals surface area contributed by atoms with Crippen molar-refractivity contribution >= 4 is 0 Å². The number of aliphatic hydroxyl groups is 1. The smallest absolute Gasteiger partial charge is 0.0727 e. The molecule has 0 aromatic heterocycles. The minimum atomic E-state index is -0.283. The highest BCUT2D eigenvalue weighted by molar-refractivity contribution is 4.71. The van der Waals surface area contributed by atoms with Gasteiger partial charge in [-0.25, -0.2) is 0 Å². The Kier molecular flexibility index (Phi) is 4.00. The Hall–Kier alpha value is -0.120. The van der Waals surface area contributed by atoms with Crippen LogP contribution in [0, 0.1) is 0 Å². The van der Waals surface area contributed by atoms with Crippen molar-refractivity contribution in [2.45, 2.75) is 45.4 Å². The van der Waals surface area contributed by atoms with Gasteiger partial charge < -0.3 is 15.6 Å². The fraction of sp³-hybridized carbons (Fsp3) is 1.00. The molecule has 0 radical (unpaired) electrons. The Bertz CT molecular complexity index is 109. The fourth-order valence-corrected chi connectivity index (χ4v) is 0.794. The highest BCUT2D eigenvalue weighted by Gasteiger charge is 2.19. The molecule has 0 bridgehead atoms. The standard InChI is InChI=1S/C8H19NO2/c1-6(7(9)5-10)11-8(2,3)4/h6-7,10H,5,9H2,1-4H3/t6?,7-/m0/s1. The van der Waals surface area contributed by atoms with Gasteiger partial charge in [0.15, 0.2) is 0 Å². The summed E-state index contributed by atoms with van der Waals surface area (Å²) in [4.78, 5) is 0. The van der Waals surface area contributed by atoms with E-state index >= 15 is 0 Å². The van der Waals surface area contributed by atoms with Gasteiger partial charge in [0, 0.05) is 0 Å². The molecule has 68 valence electrons. The minimum Gasteiger partial charge on any atom is -0.395 e. The van der Waals surface area contributed by atoms with Crippen LogP contribution in [0.1, 0.15) is 27.7 Å². The maximum Gasteiger partial charge on any atom is 0.0727 e. The average molecular weight is 161 g/mol. The SMILES string of the molecule is CC(OC(C)(C)C)[C@@H](N)CO. The van der Waals surface area contributed by atoms with E-state index in [1.54, 1.807) is 0 Å². The van der Waals surface area contributed by atoms with Crippen molar-refractivity contribution in [1.82, 2.24) is 0 Å². The summed E-state index contributed by atoms with van der Waals surface area (Å²) in [6.45, 7) is 7.73. The van der Waals surface area contributed by atoms with Crippen LogP contribution in [0.3, 0.4) is 0 Å². The van der Waals surface area contributed by atoms with E-state index in [1.807, 2.05) is 27.7 Å². The van der Waals surface area contributed by atoms with Crippen molar-refractivity contribution in [3.05, 3.63) is 0 Å². The van der Waals surface area contributed by atoms with E-state index in [-0.39, 0.29) is 24.4 Å². The summed E-state index contributed by atoms with van der Waals surface area (Å²) in [5.74, 6) is 0. The second-order valence-corrected chi connectivity index (χ2v) is 3.78. The van der Waals surface area contributed by atoms with Gasteiger partial charge in [-0.2, -0.15) is 0 Å². The normalized spacial score (nSPS) is 18.0. The minimum absolute atomic E-state index is 0.0305. The Morgan fingerprint density at radius 2 is 1.91 bits per heavy atom. The van der Waals surface area contributed by atoms with Crippen LogP contribution in [0.4, 0.5) is 0 Å². The quantitative estimate of drug-likeness (QED) is 0.634. The molecular weight excluding hydrogens is 142 g/mol. The van der Waals surface area contributed by atoms with Crippen LogP contribution in [-0.2, 0) is 4.74 Å². The Morgan fingerprint density at radius 1 is 1.45 bits per heavy atom. The van der Waals surface area contributed by atoms with Crippen LogP contribution < -0.4 is 5.73 Å². The molecule has 0 spiro atoms. The lowest BCUT2D eigenvalue weighted by Crippen LogP contribution is -2.41. The van der Waals surface area contributed by atoms with Crippen LogP contribution in [0.15, 0.2) is 0 Å². The van der Waals surface area contributed by atoms with Crippen molar-refractivity contribution in [3.63, 3.8) is 0 Å². The summed E-state index contributed by atoms with van der Waals surface area (Å²) in [7, 11) is 0. The predicted octanol–water partition coefficient (Wildman–Crippen LogP) is 0.510. The molecule has 0 aromatic rings. The number of ether oxygens (including phenoxy) is 1. The molecule has 0 rings (SSSR count). The predicted molar refractivity (Wildman–Crippen MR) is 45.4 cm³/mol. The van der Waals surface area contributed by atoms with E-state index in [0.29, 0.717) is 0 Å². The van der Waals surface area contributed by atoms with Gasteiger partial charge in [0.2, 0.25) is 0 Å². The Morgan fingerprint density at radius 3 is 2.18 bits per heavy atom. The van der Waals surface area contributed by atoms with E-state index in [2.05, 4.69) is 0 Å². The number of hydrogen-bond acceptors (Lipinski definition) is 3. The third kappa shape index (κ3) is 5.18. The molecule has 2 atom stereocenters. The van der Waals surface area contributed by atoms with Crippen LogP contribution in [0.5, 0.6) is 0 Å². The zero-order chi connectivity index (χ0) is 9.07. The lowest BCUT2D eigenvalue weighted by molar-refractivity contribution is -0.0669. The molecule has 0 aliphatic heterocycles. The van der Waals surface area contributed by atoms with Crippen molar-refractivity contribution in [2.75, 3.05) is 6.61 Å². The van der Waals surface area contributed by atoms with Gasteiger partial charge in [0.1, 0.15) is 0 Å². The zero-order valence-electron chi connectivity index (χ0n) is 7.79. The molecule has 3 N–H and O–H groups in total. The first-order chi connectivity index (χ1) is 4.87. The Balaban J connectivity index is 3.77. The third-order valence-electron chi connectivity index (χ3n) is 1.35. The van der Waals surface area contributed by atoms with Gasteiger partial charge in [-0.05, 0) is 27.7 Å². The van der Waals surface area contributed by atoms with Crippen molar-refractivity contribution in [2.24, 2.45) is 5.73 Å². The third-order valence-corrected chi connectivity index (χ3v) is 1.35. The molecule has 0 amide bonds. The molecule has 0 saturated carbocycles. The van der Waals surface area contributed by atoms with Crippen LogP contribution in [0.2, 0.25) is 0 Å². The molecule has 3 nitrogen and oxygen atoms in total. The largest absolute Gasteiger partial charge is 0.395 e. The van der Waals surface area contributed by atoms with E-state index in [4.69, 9.17) is 15.6 Å². The maximum absolute atomic E-state index is 8.70. The van der Waals surface area contributed by atoms with E-state index < -0.39 is 0 Å². The van der Waals surface area contributed by atoms with Crippen LogP contribution in [-0.4, -0.2) is 29.5 Å². The lowest BCUT2D eigenvalue weighted by atomic mass is 10.1. The zero-order valence-corrected chi connectivity index (χ0v) is 7.79. The lowest BCUT2D eigenvalue weighted by Gasteiger charge is -2.27. The van der Waals surface area contributed by atoms with Gasteiger partial charge in [0.05, 0.1) is 24.4 Å².